The summed E-state index contributed by atoms with van der Waals surface area (Å²) in [7, 11) is 0. The molecule has 0 aliphatic rings. The number of aromatic nitrogens is 1. The molecule has 1 aromatic carbocycles. The molecule has 0 aliphatic carbocycles. The normalized spacial score (nSPS) is 11.0. The predicted octanol–water partition coefficient (Wildman–Crippen LogP) is 4.43. The number of hydrogen-bond acceptors (Lipinski definition) is 4. The number of amides is 1. The minimum atomic E-state index is 0.158. The second kappa shape index (κ2) is 8.22. The fourth-order valence-corrected chi connectivity index (χ4v) is 4.22. The maximum Gasteiger partial charge on any atom is 0.220 e. The lowest BCUT2D eigenvalue weighted by Crippen LogP contribution is -2.24. The molecule has 2 aromatic heterocycles. The van der Waals surface area contributed by atoms with Crippen molar-refractivity contribution in [1.29, 1.82) is 0 Å². The third kappa shape index (κ3) is 4.88. The van der Waals surface area contributed by atoms with Crippen molar-refractivity contribution in [2.75, 3.05) is 6.54 Å². The van der Waals surface area contributed by atoms with Crippen LogP contribution < -0.4 is 5.32 Å². The average molecular weight is 345 g/mol. The molecule has 1 amide bonds. The quantitative estimate of drug-likeness (QED) is 0.614. The molecule has 3 nitrogen and oxygen atoms in total. The van der Waals surface area contributed by atoms with Crippen molar-refractivity contribution < 1.29 is 4.79 Å². The fourth-order valence-electron chi connectivity index (χ4n) is 2.46. The molecule has 0 radical (unpaired) electrons. The summed E-state index contributed by atoms with van der Waals surface area (Å²) in [5.41, 5.74) is 1.07. The van der Waals surface area contributed by atoms with Gasteiger partial charge in [0, 0.05) is 24.3 Å². The van der Waals surface area contributed by atoms with Crippen LogP contribution in [0.5, 0.6) is 0 Å². The van der Waals surface area contributed by atoms with Gasteiger partial charge in [0.1, 0.15) is 0 Å². The summed E-state index contributed by atoms with van der Waals surface area (Å²) >= 11 is 3.50. The van der Waals surface area contributed by atoms with Crippen molar-refractivity contribution in [1.82, 2.24) is 10.3 Å². The lowest BCUT2D eigenvalue weighted by molar-refractivity contribution is -0.121. The number of hydrogen-bond donors (Lipinski definition) is 1. The minimum absolute atomic E-state index is 0.158. The van der Waals surface area contributed by atoms with E-state index in [4.69, 9.17) is 0 Å². The van der Waals surface area contributed by atoms with Crippen LogP contribution in [-0.4, -0.2) is 17.4 Å². The first-order valence-corrected chi connectivity index (χ1v) is 9.64. The van der Waals surface area contributed by atoms with Gasteiger partial charge in [-0.3, -0.25) is 4.79 Å². The average Bonchev–Trinajstić information content (AvgIpc) is 3.20. The highest BCUT2D eigenvalue weighted by Gasteiger charge is 2.04. The highest BCUT2D eigenvalue weighted by atomic mass is 32.1. The van der Waals surface area contributed by atoms with E-state index in [1.165, 1.54) is 9.58 Å². The standard InChI is InChI=1S/C18H20N2OS2/c21-17(10-3-6-14-7-5-13-22-14)19-12-4-11-18-20-15-8-1-2-9-16(15)23-18/h1-2,5,7-9,13H,3-4,6,10-12H2,(H,19,21). The molecule has 0 fully saturated rings. The zero-order chi connectivity index (χ0) is 15.9. The van der Waals surface area contributed by atoms with Crippen molar-refractivity contribution in [3.63, 3.8) is 0 Å². The van der Waals surface area contributed by atoms with Gasteiger partial charge in [-0.05, 0) is 42.8 Å². The zero-order valence-corrected chi connectivity index (χ0v) is 14.6. The van der Waals surface area contributed by atoms with Crippen LogP contribution in [0.25, 0.3) is 10.2 Å². The number of thiazole rings is 1. The van der Waals surface area contributed by atoms with Crippen molar-refractivity contribution in [2.45, 2.75) is 32.1 Å². The van der Waals surface area contributed by atoms with E-state index >= 15 is 0 Å². The number of aryl methyl sites for hydroxylation is 2. The Bertz CT molecular complexity index is 716. The molecule has 0 saturated heterocycles. The summed E-state index contributed by atoms with van der Waals surface area (Å²) in [6, 6.07) is 12.4. The summed E-state index contributed by atoms with van der Waals surface area (Å²) in [6.45, 7) is 0.730. The van der Waals surface area contributed by atoms with E-state index < -0.39 is 0 Å². The van der Waals surface area contributed by atoms with E-state index in [9.17, 15) is 4.79 Å². The number of nitrogens with zero attached hydrogens (tertiary/aromatic N) is 1. The number of carbonyl (C=O) groups is 1. The first-order chi connectivity index (χ1) is 11.3. The molecule has 3 rings (SSSR count). The SMILES string of the molecule is O=C(CCCc1cccs1)NCCCc1nc2ccccc2s1. The number of carbonyl (C=O) groups excluding carboxylic acids is 1. The molecule has 120 valence electrons. The van der Waals surface area contributed by atoms with Gasteiger partial charge in [-0.2, -0.15) is 0 Å². The van der Waals surface area contributed by atoms with Crippen LogP contribution in [0.3, 0.4) is 0 Å². The van der Waals surface area contributed by atoms with Crippen molar-refractivity contribution in [3.05, 3.63) is 51.7 Å². The van der Waals surface area contributed by atoms with E-state index in [1.807, 2.05) is 18.2 Å². The highest BCUT2D eigenvalue weighted by Crippen LogP contribution is 2.22. The Morgan fingerprint density at radius 3 is 2.83 bits per heavy atom. The van der Waals surface area contributed by atoms with E-state index in [2.05, 4.69) is 33.9 Å². The Hall–Kier alpha value is -1.72. The Labute approximate surface area is 144 Å². The van der Waals surface area contributed by atoms with Gasteiger partial charge in [-0.15, -0.1) is 22.7 Å². The molecule has 0 spiro atoms. The maximum atomic E-state index is 11.8. The molecular weight excluding hydrogens is 324 g/mol. The number of nitrogens with one attached hydrogen (secondary N) is 1. The fraction of sp³-hybridized carbons (Fsp3) is 0.333. The first kappa shape index (κ1) is 16.1. The van der Waals surface area contributed by atoms with Crippen molar-refractivity contribution in [2.24, 2.45) is 0 Å². The summed E-state index contributed by atoms with van der Waals surface area (Å²) in [4.78, 5) is 17.8. The molecular formula is C18H20N2OS2. The summed E-state index contributed by atoms with van der Waals surface area (Å²) in [5, 5.41) is 6.24. The number of benzene rings is 1. The zero-order valence-electron chi connectivity index (χ0n) is 13.0. The van der Waals surface area contributed by atoms with Crippen LogP contribution in [0.15, 0.2) is 41.8 Å². The largest absolute Gasteiger partial charge is 0.356 e. The monoisotopic (exact) mass is 344 g/mol. The van der Waals surface area contributed by atoms with Crippen molar-refractivity contribution >= 4 is 38.8 Å². The van der Waals surface area contributed by atoms with Gasteiger partial charge in [-0.1, -0.05) is 18.2 Å². The van der Waals surface area contributed by atoms with Gasteiger partial charge in [-0.25, -0.2) is 4.98 Å². The van der Waals surface area contributed by atoms with E-state index in [0.29, 0.717) is 6.42 Å². The second-order valence-electron chi connectivity index (χ2n) is 5.46. The van der Waals surface area contributed by atoms with Gasteiger partial charge in [0.15, 0.2) is 0 Å². The lowest BCUT2D eigenvalue weighted by Gasteiger charge is -2.04. The molecule has 5 heteroatoms. The number of para-hydroxylation sites is 1. The molecule has 0 bridgehead atoms. The van der Waals surface area contributed by atoms with Gasteiger partial charge in [0.25, 0.3) is 0 Å². The topological polar surface area (TPSA) is 42.0 Å². The smallest absolute Gasteiger partial charge is 0.220 e. The van der Waals surface area contributed by atoms with E-state index in [1.54, 1.807) is 22.7 Å². The molecule has 0 saturated carbocycles. The minimum Gasteiger partial charge on any atom is -0.356 e. The van der Waals surface area contributed by atoms with Gasteiger partial charge in [0.2, 0.25) is 5.91 Å². The third-order valence-electron chi connectivity index (χ3n) is 3.63. The lowest BCUT2D eigenvalue weighted by atomic mass is 10.2. The van der Waals surface area contributed by atoms with Crippen LogP contribution in [0, 0.1) is 0 Å². The van der Waals surface area contributed by atoms with Gasteiger partial charge < -0.3 is 5.32 Å². The van der Waals surface area contributed by atoms with Crippen molar-refractivity contribution in [3.8, 4) is 0 Å². The first-order valence-electron chi connectivity index (χ1n) is 7.95. The maximum absolute atomic E-state index is 11.8. The van der Waals surface area contributed by atoms with E-state index in [0.717, 1.165) is 42.8 Å². The molecule has 2 heterocycles. The molecule has 1 N–H and O–H groups in total. The van der Waals surface area contributed by atoms with Crippen LogP contribution in [0.1, 0.15) is 29.1 Å². The molecule has 23 heavy (non-hydrogen) atoms. The third-order valence-corrected chi connectivity index (χ3v) is 5.67. The van der Waals surface area contributed by atoms with Gasteiger partial charge >= 0.3 is 0 Å². The predicted molar refractivity (Wildman–Crippen MR) is 98.2 cm³/mol. The summed E-state index contributed by atoms with van der Waals surface area (Å²) < 4.78 is 1.24. The Balaban J connectivity index is 1.32. The highest BCUT2D eigenvalue weighted by molar-refractivity contribution is 7.18. The molecule has 0 unspecified atom stereocenters. The molecule has 0 aliphatic heterocycles. The molecule has 3 aromatic rings. The second-order valence-corrected chi connectivity index (χ2v) is 7.61. The van der Waals surface area contributed by atoms with Crippen LogP contribution in [0.4, 0.5) is 0 Å². The molecule has 0 atom stereocenters. The van der Waals surface area contributed by atoms with E-state index in [-0.39, 0.29) is 5.91 Å². The van der Waals surface area contributed by atoms with Crippen LogP contribution in [-0.2, 0) is 17.6 Å². The van der Waals surface area contributed by atoms with Gasteiger partial charge in [0.05, 0.1) is 15.2 Å². The number of rotatable bonds is 8. The summed E-state index contributed by atoms with van der Waals surface area (Å²) in [5.74, 6) is 0.158. The van der Waals surface area contributed by atoms with Crippen LogP contribution in [0.2, 0.25) is 0 Å². The number of thiophene rings is 1. The number of fused-ring (bicyclic) bond motifs is 1. The Kier molecular flexibility index (Phi) is 5.77. The summed E-state index contributed by atoms with van der Waals surface area (Å²) in [6.07, 6.45) is 4.39. The Morgan fingerprint density at radius 2 is 2.00 bits per heavy atom. The Morgan fingerprint density at radius 1 is 1.09 bits per heavy atom. The van der Waals surface area contributed by atoms with Crippen LogP contribution >= 0.6 is 22.7 Å².